The van der Waals surface area contributed by atoms with Crippen LogP contribution in [0.25, 0.3) is 0 Å². The number of benzene rings is 1. The van der Waals surface area contributed by atoms with Gasteiger partial charge in [0.1, 0.15) is 0 Å². The van der Waals surface area contributed by atoms with Gasteiger partial charge in [-0.05, 0) is 43.6 Å². The topological polar surface area (TPSA) is 6.48 Å². The van der Waals surface area contributed by atoms with Crippen molar-refractivity contribution in [1.29, 1.82) is 0 Å². The van der Waals surface area contributed by atoms with Crippen molar-refractivity contribution in [2.24, 2.45) is 0 Å². The Hall–Kier alpha value is -0.250. The van der Waals surface area contributed by atoms with Crippen LogP contribution in [0.1, 0.15) is 18.4 Å². The Morgan fingerprint density at radius 1 is 1.33 bits per heavy atom. The third kappa shape index (κ3) is 3.62. The van der Waals surface area contributed by atoms with E-state index in [1.165, 1.54) is 31.6 Å². The van der Waals surface area contributed by atoms with E-state index in [0.717, 1.165) is 29.0 Å². The minimum atomic E-state index is 0.809. The fourth-order valence-electron chi connectivity index (χ4n) is 2.31. The van der Waals surface area contributed by atoms with Gasteiger partial charge in [-0.3, -0.25) is 0 Å². The molecule has 0 saturated carbocycles. The highest BCUT2D eigenvalue weighted by Gasteiger charge is 2.12. The average Bonchev–Trinajstić information content (AvgIpc) is 2.89. The Balaban J connectivity index is 1.91. The van der Waals surface area contributed by atoms with Crippen molar-refractivity contribution in [2.45, 2.75) is 18.2 Å². The van der Waals surface area contributed by atoms with Gasteiger partial charge in [-0.25, -0.2) is 0 Å². The third-order valence-corrected chi connectivity index (χ3v) is 4.53. The summed E-state index contributed by atoms with van der Waals surface area (Å²) in [6, 6.07) is 6.30. The van der Waals surface area contributed by atoms with Crippen molar-refractivity contribution in [3.63, 3.8) is 0 Å². The SMILES string of the molecule is CN(CCN1CCCC1)c1ccc(CBr)c(Cl)c1. The summed E-state index contributed by atoms with van der Waals surface area (Å²) in [5, 5.41) is 1.65. The van der Waals surface area contributed by atoms with Crippen LogP contribution in [0.4, 0.5) is 5.69 Å². The summed E-state index contributed by atoms with van der Waals surface area (Å²) in [6.45, 7) is 4.73. The molecule has 100 valence electrons. The molecule has 2 nitrogen and oxygen atoms in total. The lowest BCUT2D eigenvalue weighted by molar-refractivity contribution is 0.346. The quantitative estimate of drug-likeness (QED) is 0.758. The summed E-state index contributed by atoms with van der Waals surface area (Å²) in [6.07, 6.45) is 2.71. The highest BCUT2D eigenvalue weighted by atomic mass is 79.9. The van der Waals surface area contributed by atoms with Gasteiger partial charge >= 0.3 is 0 Å². The maximum atomic E-state index is 6.23. The highest BCUT2D eigenvalue weighted by Crippen LogP contribution is 2.24. The van der Waals surface area contributed by atoms with Crippen LogP contribution in [0.15, 0.2) is 18.2 Å². The van der Waals surface area contributed by atoms with Crippen molar-refractivity contribution in [3.8, 4) is 0 Å². The second-order valence-electron chi connectivity index (χ2n) is 4.88. The Bertz CT molecular complexity index is 391. The van der Waals surface area contributed by atoms with Gasteiger partial charge in [0.05, 0.1) is 0 Å². The zero-order valence-corrected chi connectivity index (χ0v) is 13.2. The van der Waals surface area contributed by atoms with Crippen LogP contribution in [-0.4, -0.2) is 38.1 Å². The van der Waals surface area contributed by atoms with Gasteiger partial charge in [0.15, 0.2) is 0 Å². The number of hydrogen-bond acceptors (Lipinski definition) is 2. The molecule has 1 aliphatic heterocycles. The van der Waals surface area contributed by atoms with Crippen LogP contribution < -0.4 is 4.90 Å². The van der Waals surface area contributed by atoms with Crippen molar-refractivity contribution in [2.75, 3.05) is 38.1 Å². The second kappa shape index (κ2) is 6.78. The highest BCUT2D eigenvalue weighted by molar-refractivity contribution is 9.08. The number of hydrogen-bond donors (Lipinski definition) is 0. The van der Waals surface area contributed by atoms with Gasteiger partial charge in [0, 0.05) is 36.2 Å². The van der Waals surface area contributed by atoms with Crippen molar-refractivity contribution >= 4 is 33.2 Å². The number of likely N-dealkylation sites (N-methyl/N-ethyl adjacent to an activating group) is 1. The largest absolute Gasteiger partial charge is 0.373 e. The fraction of sp³-hybridized carbons (Fsp3) is 0.571. The normalized spacial score (nSPS) is 16.2. The lowest BCUT2D eigenvalue weighted by atomic mass is 10.2. The molecule has 0 atom stereocenters. The molecule has 0 amide bonds. The van der Waals surface area contributed by atoms with Gasteiger partial charge < -0.3 is 9.80 Å². The van der Waals surface area contributed by atoms with E-state index in [9.17, 15) is 0 Å². The zero-order chi connectivity index (χ0) is 13.0. The minimum absolute atomic E-state index is 0.809. The first-order chi connectivity index (χ1) is 8.70. The summed E-state index contributed by atoms with van der Waals surface area (Å²) in [4.78, 5) is 4.81. The third-order valence-electron chi connectivity index (χ3n) is 3.57. The number of nitrogens with zero attached hydrogens (tertiary/aromatic N) is 2. The van der Waals surface area contributed by atoms with Crippen LogP contribution in [-0.2, 0) is 5.33 Å². The van der Waals surface area contributed by atoms with Gasteiger partial charge in [0.25, 0.3) is 0 Å². The number of likely N-dealkylation sites (tertiary alicyclic amines) is 1. The van der Waals surface area contributed by atoms with Crippen LogP contribution in [0.5, 0.6) is 0 Å². The van der Waals surface area contributed by atoms with Crippen molar-refractivity contribution < 1.29 is 0 Å². The summed E-state index contributed by atoms with van der Waals surface area (Å²) in [5.41, 5.74) is 2.34. The van der Waals surface area contributed by atoms with Crippen LogP contribution in [0.2, 0.25) is 5.02 Å². The lowest BCUT2D eigenvalue weighted by Gasteiger charge is -2.23. The molecule has 2 rings (SSSR count). The molecule has 0 N–H and O–H groups in total. The average molecular weight is 332 g/mol. The molecule has 1 saturated heterocycles. The molecule has 1 fully saturated rings. The molecular formula is C14H20BrClN2. The maximum Gasteiger partial charge on any atom is 0.0467 e. The molecule has 1 aromatic carbocycles. The van der Waals surface area contributed by atoms with E-state index in [1.807, 2.05) is 0 Å². The van der Waals surface area contributed by atoms with Crippen molar-refractivity contribution in [1.82, 2.24) is 4.90 Å². The van der Waals surface area contributed by atoms with E-state index in [-0.39, 0.29) is 0 Å². The predicted molar refractivity (Wildman–Crippen MR) is 83.0 cm³/mol. The fourth-order valence-corrected chi connectivity index (χ4v) is 3.20. The molecule has 18 heavy (non-hydrogen) atoms. The van der Waals surface area contributed by atoms with E-state index in [1.54, 1.807) is 0 Å². The van der Waals surface area contributed by atoms with E-state index in [4.69, 9.17) is 11.6 Å². The van der Waals surface area contributed by atoms with Crippen molar-refractivity contribution in [3.05, 3.63) is 28.8 Å². The summed E-state index contributed by atoms with van der Waals surface area (Å²) >= 11 is 9.67. The first-order valence-corrected chi connectivity index (χ1v) is 7.98. The van der Waals surface area contributed by atoms with Gasteiger partial charge in [-0.15, -0.1) is 0 Å². The Labute approximate surface area is 123 Å². The van der Waals surface area contributed by atoms with E-state index in [0.29, 0.717) is 0 Å². The zero-order valence-electron chi connectivity index (χ0n) is 10.8. The molecule has 1 aromatic rings. The summed E-state index contributed by atoms with van der Waals surface area (Å²) < 4.78 is 0. The standard InChI is InChI=1S/C14H20BrClN2/c1-17(8-9-18-6-2-3-7-18)13-5-4-12(11-15)14(16)10-13/h4-5,10H,2-3,6-9,11H2,1H3. The first kappa shape index (κ1) is 14.2. The Kier molecular flexibility index (Phi) is 5.34. The molecule has 0 unspecified atom stereocenters. The monoisotopic (exact) mass is 330 g/mol. The molecule has 0 spiro atoms. The maximum absolute atomic E-state index is 6.23. The number of alkyl halides is 1. The number of halogens is 2. The molecule has 4 heteroatoms. The molecule has 1 aliphatic rings. The van der Waals surface area contributed by atoms with E-state index in [2.05, 4.69) is 51.0 Å². The molecule has 0 aliphatic carbocycles. The second-order valence-corrected chi connectivity index (χ2v) is 5.85. The van der Waals surface area contributed by atoms with Gasteiger partial charge in [-0.1, -0.05) is 33.6 Å². The molecule has 1 heterocycles. The molecule has 0 aromatic heterocycles. The Morgan fingerprint density at radius 2 is 2.06 bits per heavy atom. The summed E-state index contributed by atoms with van der Waals surface area (Å²) in [5.74, 6) is 0. The molecular weight excluding hydrogens is 312 g/mol. The van der Waals surface area contributed by atoms with Gasteiger partial charge in [-0.2, -0.15) is 0 Å². The van der Waals surface area contributed by atoms with Crippen LogP contribution >= 0.6 is 27.5 Å². The Morgan fingerprint density at radius 3 is 2.67 bits per heavy atom. The smallest absolute Gasteiger partial charge is 0.0467 e. The number of rotatable bonds is 5. The van der Waals surface area contributed by atoms with Gasteiger partial charge in [0.2, 0.25) is 0 Å². The number of anilines is 1. The van der Waals surface area contributed by atoms with E-state index >= 15 is 0 Å². The van der Waals surface area contributed by atoms with Crippen LogP contribution in [0.3, 0.4) is 0 Å². The van der Waals surface area contributed by atoms with Crippen LogP contribution in [0, 0.1) is 0 Å². The lowest BCUT2D eigenvalue weighted by Crippen LogP contribution is -2.31. The predicted octanol–water partition coefficient (Wildman–Crippen LogP) is 3.77. The van der Waals surface area contributed by atoms with E-state index < -0.39 is 0 Å². The molecule has 0 bridgehead atoms. The minimum Gasteiger partial charge on any atom is -0.373 e. The summed E-state index contributed by atoms with van der Waals surface area (Å²) in [7, 11) is 2.13. The molecule has 0 radical (unpaired) electrons. The first-order valence-electron chi connectivity index (χ1n) is 6.48.